The van der Waals surface area contributed by atoms with Crippen molar-refractivity contribution in [2.24, 2.45) is 0 Å². The van der Waals surface area contributed by atoms with E-state index < -0.39 is 0 Å². The normalized spacial score (nSPS) is 12.0. The first-order chi connectivity index (χ1) is 23.1. The average molecular weight is 636 g/mol. The summed E-state index contributed by atoms with van der Waals surface area (Å²) in [5, 5.41) is 7.93. The zero-order valence-electron chi connectivity index (χ0n) is 26.0. The van der Waals surface area contributed by atoms with Gasteiger partial charge in [-0.05, 0) is 66.9 Å². The minimum atomic E-state index is 1.24. The van der Waals surface area contributed by atoms with Gasteiger partial charge in [-0.25, -0.2) is 0 Å². The topological polar surface area (TPSA) is 4.93 Å². The molecule has 1 nitrogen and oxygen atoms in total. The quantitative estimate of drug-likeness (QED) is 0.182. The molecule has 47 heavy (non-hydrogen) atoms. The maximum Gasteiger partial charge on any atom is 0.0640 e. The number of hydrogen-bond donors (Lipinski definition) is 0. The summed E-state index contributed by atoms with van der Waals surface area (Å²) in [6.07, 6.45) is 0. The maximum atomic E-state index is 2.50. The molecule has 0 aliphatic heterocycles. The van der Waals surface area contributed by atoms with Gasteiger partial charge in [0.2, 0.25) is 0 Å². The Hall–Kier alpha value is -5.22. The second-order valence-electron chi connectivity index (χ2n) is 12.6. The van der Waals surface area contributed by atoms with E-state index in [2.05, 4.69) is 158 Å². The van der Waals surface area contributed by atoms with Crippen molar-refractivity contribution in [2.45, 2.75) is 13.8 Å². The van der Waals surface area contributed by atoms with Crippen LogP contribution < -0.4 is 0 Å². The number of rotatable bonds is 3. The van der Waals surface area contributed by atoms with Crippen LogP contribution in [-0.2, 0) is 0 Å². The van der Waals surface area contributed by atoms with Crippen molar-refractivity contribution in [2.75, 3.05) is 0 Å². The second kappa shape index (κ2) is 10.1. The molecule has 0 unspecified atom stereocenters. The molecule has 0 aliphatic rings. The Morgan fingerprint density at radius 1 is 0.426 bits per heavy atom. The smallest absolute Gasteiger partial charge is 0.0640 e. The fourth-order valence-electron chi connectivity index (χ4n) is 7.60. The monoisotopic (exact) mass is 635 g/mol. The number of nitrogens with zero attached hydrogens (tertiary/aromatic N) is 1. The Kier molecular flexibility index (Phi) is 5.81. The number of aryl methyl sites for hydroxylation is 2. The van der Waals surface area contributed by atoms with Gasteiger partial charge in [-0.2, -0.15) is 0 Å². The van der Waals surface area contributed by atoms with Gasteiger partial charge in [0.15, 0.2) is 0 Å². The van der Waals surface area contributed by atoms with E-state index in [9.17, 15) is 0 Å². The lowest BCUT2D eigenvalue weighted by Crippen LogP contribution is -1.94. The first kappa shape index (κ1) is 26.9. The highest BCUT2D eigenvalue weighted by molar-refractivity contribution is 7.27. The van der Waals surface area contributed by atoms with Gasteiger partial charge in [-0.15, -0.1) is 22.7 Å². The number of benzene rings is 7. The lowest BCUT2D eigenvalue weighted by atomic mass is 9.94. The molecule has 0 amide bonds. The van der Waals surface area contributed by atoms with Crippen LogP contribution in [0.2, 0.25) is 0 Å². The van der Waals surface area contributed by atoms with Crippen LogP contribution >= 0.6 is 22.7 Å². The summed E-state index contributed by atoms with van der Waals surface area (Å²) in [6.45, 7) is 4.38. The molecule has 0 radical (unpaired) electrons. The second-order valence-corrected chi connectivity index (χ2v) is 14.7. The van der Waals surface area contributed by atoms with E-state index in [4.69, 9.17) is 0 Å². The van der Waals surface area contributed by atoms with Crippen LogP contribution in [0.1, 0.15) is 11.1 Å². The molecular weight excluding hydrogens is 607 g/mol. The Morgan fingerprint density at radius 2 is 1.09 bits per heavy atom. The van der Waals surface area contributed by atoms with E-state index in [0.29, 0.717) is 0 Å². The minimum absolute atomic E-state index is 1.24. The molecule has 10 aromatic rings. The van der Waals surface area contributed by atoms with E-state index in [0.717, 1.165) is 0 Å². The zero-order valence-corrected chi connectivity index (χ0v) is 27.7. The lowest BCUT2D eigenvalue weighted by molar-refractivity contribution is 1.20. The van der Waals surface area contributed by atoms with Gasteiger partial charge < -0.3 is 4.57 Å². The Bertz CT molecular complexity index is 2800. The first-order valence-electron chi connectivity index (χ1n) is 16.1. The van der Waals surface area contributed by atoms with Crippen LogP contribution in [0.5, 0.6) is 0 Å². The molecule has 0 aliphatic carbocycles. The third kappa shape index (κ3) is 3.94. The molecule has 0 saturated carbocycles. The van der Waals surface area contributed by atoms with E-state index in [1.165, 1.54) is 101 Å². The minimum Gasteiger partial charge on any atom is -0.308 e. The van der Waals surface area contributed by atoms with E-state index in [1.54, 1.807) is 0 Å². The fourth-order valence-corrected chi connectivity index (χ4v) is 10.2. The van der Waals surface area contributed by atoms with Crippen molar-refractivity contribution in [3.63, 3.8) is 0 Å². The molecule has 3 heterocycles. The molecule has 3 heteroatoms. The Balaban J connectivity index is 1.35. The van der Waals surface area contributed by atoms with Gasteiger partial charge in [0, 0.05) is 52.0 Å². The van der Waals surface area contributed by atoms with Crippen LogP contribution in [-0.4, -0.2) is 4.57 Å². The molecule has 3 aromatic heterocycles. The molecule has 222 valence electrons. The molecule has 0 N–H and O–H groups in total. The van der Waals surface area contributed by atoms with Gasteiger partial charge >= 0.3 is 0 Å². The van der Waals surface area contributed by atoms with Gasteiger partial charge in [-0.3, -0.25) is 0 Å². The van der Waals surface area contributed by atoms with Crippen LogP contribution in [0.15, 0.2) is 140 Å². The van der Waals surface area contributed by atoms with E-state index in [-0.39, 0.29) is 0 Å². The highest BCUT2D eigenvalue weighted by Crippen LogP contribution is 2.49. The third-order valence-corrected chi connectivity index (χ3v) is 12.2. The Labute approximate surface area is 280 Å². The fraction of sp³-hybridized carbons (Fsp3) is 0.0455. The molecular formula is C44H29NS2. The lowest BCUT2D eigenvalue weighted by Gasteiger charge is -2.11. The first-order valence-corrected chi connectivity index (χ1v) is 17.7. The standard InChI is InChI=1S/C44H29NS2/c1-26-18-22-37-35(24-26)36-25-27(2)19-23-38(36)45(37)39-16-9-15-34-41-31(21-20-29(44(41)47-43(34)39)28-10-4-3-5-11-28)33-14-8-13-32-30-12-6-7-17-40(30)46-42(32)33/h3-25H,1-2H3. The maximum absolute atomic E-state index is 2.50. The summed E-state index contributed by atoms with van der Waals surface area (Å²) < 4.78 is 7.83. The van der Waals surface area contributed by atoms with Gasteiger partial charge in [0.25, 0.3) is 0 Å². The summed E-state index contributed by atoms with van der Waals surface area (Å²) >= 11 is 3.84. The predicted octanol–water partition coefficient (Wildman–Crippen LogP) is 13.5. The van der Waals surface area contributed by atoms with Crippen molar-refractivity contribution < 1.29 is 0 Å². The summed E-state index contributed by atoms with van der Waals surface area (Å²) in [5.41, 5.74) is 11.4. The van der Waals surface area contributed by atoms with Crippen LogP contribution in [0.4, 0.5) is 0 Å². The summed E-state index contributed by atoms with van der Waals surface area (Å²) in [6, 6.07) is 51.9. The third-order valence-electron chi connectivity index (χ3n) is 9.72. The van der Waals surface area contributed by atoms with E-state index >= 15 is 0 Å². The van der Waals surface area contributed by atoms with Crippen LogP contribution in [0.3, 0.4) is 0 Å². The van der Waals surface area contributed by atoms with Crippen LogP contribution in [0.25, 0.3) is 90.1 Å². The molecule has 0 bridgehead atoms. The predicted molar refractivity (Wildman–Crippen MR) is 207 cm³/mol. The van der Waals surface area contributed by atoms with Gasteiger partial charge in [0.1, 0.15) is 0 Å². The number of hydrogen-bond acceptors (Lipinski definition) is 2. The summed E-state index contributed by atoms with van der Waals surface area (Å²) in [4.78, 5) is 0. The van der Waals surface area contributed by atoms with Crippen LogP contribution in [0, 0.1) is 13.8 Å². The number of fused-ring (bicyclic) bond motifs is 9. The van der Waals surface area contributed by atoms with Crippen molar-refractivity contribution in [1.82, 2.24) is 4.57 Å². The summed E-state index contributed by atoms with van der Waals surface area (Å²) in [5.74, 6) is 0. The molecule has 10 rings (SSSR count). The highest BCUT2D eigenvalue weighted by atomic mass is 32.1. The molecule has 0 atom stereocenters. The van der Waals surface area contributed by atoms with Crippen molar-refractivity contribution >= 4 is 84.8 Å². The Morgan fingerprint density at radius 3 is 1.87 bits per heavy atom. The summed E-state index contributed by atoms with van der Waals surface area (Å²) in [7, 11) is 0. The average Bonchev–Trinajstić information content (AvgIpc) is 3.78. The highest BCUT2D eigenvalue weighted by Gasteiger charge is 2.21. The largest absolute Gasteiger partial charge is 0.308 e. The van der Waals surface area contributed by atoms with E-state index in [1.807, 2.05) is 22.7 Å². The van der Waals surface area contributed by atoms with Gasteiger partial charge in [-0.1, -0.05) is 114 Å². The van der Waals surface area contributed by atoms with Crippen molar-refractivity contribution in [1.29, 1.82) is 0 Å². The molecule has 7 aromatic carbocycles. The van der Waals surface area contributed by atoms with Crippen molar-refractivity contribution in [3.8, 4) is 27.9 Å². The molecule has 0 fully saturated rings. The molecule has 0 saturated heterocycles. The number of aromatic nitrogens is 1. The van der Waals surface area contributed by atoms with Gasteiger partial charge in [0.05, 0.1) is 21.4 Å². The number of thiophene rings is 2. The van der Waals surface area contributed by atoms with Crippen molar-refractivity contribution in [3.05, 3.63) is 151 Å². The zero-order chi connectivity index (χ0) is 31.2. The SMILES string of the molecule is Cc1ccc2c(c1)c1cc(C)ccc1n2-c1cccc2c1sc1c(-c3ccccc3)ccc(-c3cccc4c3sc3ccccc34)c12. The molecule has 0 spiro atoms.